The largest absolute Gasteiger partial charge is 0.369 e. The molecule has 1 aromatic carbocycles. The highest BCUT2D eigenvalue weighted by atomic mass is 16.6. The number of nitro benzene ring substituents is 1. The SMILES string of the molecule is Cc1ccc([N+](=O)[O-])cc1-n1nc(C23CC4CC(CC(C4)C2)C3)c2c1NCC2. The fourth-order valence-electron chi connectivity index (χ4n) is 7.12. The third kappa shape index (κ3) is 2.23. The number of aryl methyl sites for hydroxylation is 1. The van der Waals surface area contributed by atoms with Gasteiger partial charge in [0.15, 0.2) is 0 Å². The Kier molecular flexibility index (Phi) is 3.30. The molecule has 4 fully saturated rings. The Morgan fingerprint density at radius 2 is 1.86 bits per heavy atom. The molecular weight excluding hydrogens is 352 g/mol. The molecular formula is C22H26N4O2. The third-order valence-electron chi connectivity index (χ3n) is 7.82. The van der Waals surface area contributed by atoms with Crippen molar-refractivity contribution in [2.75, 3.05) is 11.9 Å². The van der Waals surface area contributed by atoms with Crippen LogP contribution in [-0.4, -0.2) is 21.2 Å². The highest BCUT2D eigenvalue weighted by molar-refractivity contribution is 5.61. The maximum Gasteiger partial charge on any atom is 0.271 e. The summed E-state index contributed by atoms with van der Waals surface area (Å²) < 4.78 is 1.97. The summed E-state index contributed by atoms with van der Waals surface area (Å²) in [6, 6.07) is 5.09. The van der Waals surface area contributed by atoms with Crippen LogP contribution < -0.4 is 5.32 Å². The van der Waals surface area contributed by atoms with E-state index < -0.39 is 0 Å². The molecule has 0 unspecified atom stereocenters. The minimum atomic E-state index is -0.319. The number of benzene rings is 1. The summed E-state index contributed by atoms with van der Waals surface area (Å²) in [6.07, 6.45) is 9.14. The smallest absolute Gasteiger partial charge is 0.271 e. The molecule has 4 aliphatic carbocycles. The topological polar surface area (TPSA) is 73.0 Å². The van der Waals surface area contributed by atoms with E-state index in [4.69, 9.17) is 5.10 Å². The Hall–Kier alpha value is -2.37. The van der Waals surface area contributed by atoms with Crippen molar-refractivity contribution >= 4 is 11.5 Å². The standard InChI is InChI=1S/C22H26N4O2/c1-13-2-3-17(26(27)28)9-19(13)25-21-18(4-5-23-21)20(24-25)22-10-14-6-15(11-22)8-16(7-14)12-22/h2-3,9,14-16,23H,4-8,10-12H2,1H3. The number of non-ortho nitro benzene ring substituents is 1. The van der Waals surface area contributed by atoms with Crippen LogP contribution in [0.5, 0.6) is 0 Å². The van der Waals surface area contributed by atoms with Crippen molar-refractivity contribution in [1.82, 2.24) is 9.78 Å². The molecule has 0 saturated heterocycles. The monoisotopic (exact) mass is 378 g/mol. The molecule has 0 radical (unpaired) electrons. The zero-order chi connectivity index (χ0) is 19.0. The van der Waals surface area contributed by atoms with Gasteiger partial charge in [-0.25, -0.2) is 4.68 Å². The summed E-state index contributed by atoms with van der Waals surface area (Å²) in [5.74, 6) is 3.69. The first-order valence-corrected chi connectivity index (χ1v) is 10.6. The van der Waals surface area contributed by atoms with E-state index in [1.54, 1.807) is 12.1 Å². The number of nitrogens with zero attached hydrogens (tertiary/aromatic N) is 3. The maximum atomic E-state index is 11.3. The van der Waals surface area contributed by atoms with Gasteiger partial charge in [0, 0.05) is 29.7 Å². The fraction of sp³-hybridized carbons (Fsp3) is 0.591. The molecule has 0 spiro atoms. The first-order chi connectivity index (χ1) is 13.5. The third-order valence-corrected chi connectivity index (χ3v) is 7.82. The number of rotatable bonds is 3. The lowest BCUT2D eigenvalue weighted by atomic mass is 9.48. The van der Waals surface area contributed by atoms with E-state index in [0.29, 0.717) is 0 Å². The molecule has 5 aliphatic rings. The predicted octanol–water partition coefficient (Wildman–Crippen LogP) is 4.52. The van der Waals surface area contributed by atoms with Crippen LogP contribution in [0.2, 0.25) is 0 Å². The molecule has 6 heteroatoms. The normalized spacial score (nSPS) is 32.4. The molecule has 1 aliphatic heterocycles. The molecule has 2 heterocycles. The van der Waals surface area contributed by atoms with Crippen molar-refractivity contribution in [3.63, 3.8) is 0 Å². The highest BCUT2D eigenvalue weighted by Crippen LogP contribution is 2.61. The van der Waals surface area contributed by atoms with Crippen molar-refractivity contribution in [2.24, 2.45) is 17.8 Å². The Balaban J connectivity index is 1.50. The molecule has 0 atom stereocenters. The van der Waals surface area contributed by atoms with E-state index in [1.165, 1.54) is 49.8 Å². The fourth-order valence-corrected chi connectivity index (χ4v) is 7.12. The second-order valence-electron chi connectivity index (χ2n) is 9.69. The summed E-state index contributed by atoms with van der Waals surface area (Å²) in [4.78, 5) is 11.0. The summed E-state index contributed by atoms with van der Waals surface area (Å²) >= 11 is 0. The van der Waals surface area contributed by atoms with Gasteiger partial charge in [0.2, 0.25) is 0 Å². The average molecular weight is 378 g/mol. The molecule has 2 aromatic rings. The highest BCUT2D eigenvalue weighted by Gasteiger charge is 2.54. The number of aromatic nitrogens is 2. The summed E-state index contributed by atoms with van der Waals surface area (Å²) in [5.41, 5.74) is 4.88. The van der Waals surface area contributed by atoms with Crippen molar-refractivity contribution in [3.8, 4) is 5.69 Å². The van der Waals surface area contributed by atoms with E-state index in [-0.39, 0.29) is 16.0 Å². The van der Waals surface area contributed by atoms with Gasteiger partial charge in [-0.05, 0) is 75.2 Å². The number of nitrogens with one attached hydrogen (secondary N) is 1. The zero-order valence-corrected chi connectivity index (χ0v) is 16.3. The van der Waals surface area contributed by atoms with Crippen molar-refractivity contribution in [3.05, 3.63) is 45.1 Å². The Bertz CT molecular complexity index is 957. The zero-order valence-electron chi connectivity index (χ0n) is 16.3. The van der Waals surface area contributed by atoms with Crippen molar-refractivity contribution in [2.45, 2.75) is 57.3 Å². The first kappa shape index (κ1) is 16.6. The van der Waals surface area contributed by atoms with Gasteiger partial charge in [-0.3, -0.25) is 10.1 Å². The van der Waals surface area contributed by atoms with Gasteiger partial charge in [0.25, 0.3) is 5.69 Å². The van der Waals surface area contributed by atoms with Gasteiger partial charge in [-0.15, -0.1) is 0 Å². The van der Waals surface area contributed by atoms with E-state index in [1.807, 2.05) is 17.7 Å². The van der Waals surface area contributed by atoms with E-state index in [2.05, 4.69) is 5.32 Å². The molecule has 6 nitrogen and oxygen atoms in total. The van der Waals surface area contributed by atoms with E-state index >= 15 is 0 Å². The van der Waals surface area contributed by atoms with Gasteiger partial charge in [-0.2, -0.15) is 5.10 Å². The van der Waals surface area contributed by atoms with Crippen LogP contribution in [-0.2, 0) is 11.8 Å². The number of hydrogen-bond donors (Lipinski definition) is 1. The lowest BCUT2D eigenvalue weighted by Crippen LogP contribution is -2.49. The molecule has 1 aromatic heterocycles. The van der Waals surface area contributed by atoms with Crippen LogP contribution in [0.15, 0.2) is 18.2 Å². The quantitative estimate of drug-likeness (QED) is 0.629. The second-order valence-corrected chi connectivity index (χ2v) is 9.69. The lowest BCUT2D eigenvalue weighted by molar-refractivity contribution is -0.384. The lowest BCUT2D eigenvalue weighted by Gasteiger charge is -2.56. The van der Waals surface area contributed by atoms with Gasteiger partial charge >= 0.3 is 0 Å². The number of anilines is 1. The van der Waals surface area contributed by atoms with Crippen LogP contribution in [0.1, 0.15) is 55.3 Å². The van der Waals surface area contributed by atoms with Gasteiger partial charge in [0.1, 0.15) is 5.82 Å². The van der Waals surface area contributed by atoms with E-state index in [0.717, 1.165) is 47.8 Å². The minimum Gasteiger partial charge on any atom is -0.369 e. The van der Waals surface area contributed by atoms with E-state index in [9.17, 15) is 10.1 Å². The first-order valence-electron chi connectivity index (χ1n) is 10.6. The molecule has 146 valence electrons. The van der Waals surface area contributed by atoms with Crippen LogP contribution in [0.25, 0.3) is 5.69 Å². The Labute approximate surface area is 164 Å². The molecule has 4 saturated carbocycles. The average Bonchev–Trinajstić information content (AvgIpc) is 3.23. The number of fused-ring (bicyclic) bond motifs is 1. The van der Waals surface area contributed by atoms with Crippen LogP contribution in [0.3, 0.4) is 0 Å². The van der Waals surface area contributed by atoms with Crippen LogP contribution >= 0.6 is 0 Å². The molecule has 7 rings (SSSR count). The van der Waals surface area contributed by atoms with Crippen LogP contribution in [0.4, 0.5) is 11.5 Å². The summed E-state index contributed by atoms with van der Waals surface area (Å²) in [7, 11) is 0. The summed E-state index contributed by atoms with van der Waals surface area (Å²) in [5, 5.41) is 20.0. The second kappa shape index (κ2) is 5.58. The molecule has 1 N–H and O–H groups in total. The van der Waals surface area contributed by atoms with Gasteiger partial charge in [-0.1, -0.05) is 6.07 Å². The molecule has 4 bridgehead atoms. The Morgan fingerprint density at radius 1 is 1.18 bits per heavy atom. The Morgan fingerprint density at radius 3 is 2.50 bits per heavy atom. The maximum absolute atomic E-state index is 11.3. The van der Waals surface area contributed by atoms with Crippen LogP contribution in [0, 0.1) is 34.8 Å². The predicted molar refractivity (Wildman–Crippen MR) is 107 cm³/mol. The van der Waals surface area contributed by atoms with Crippen molar-refractivity contribution < 1.29 is 4.92 Å². The molecule has 28 heavy (non-hydrogen) atoms. The van der Waals surface area contributed by atoms with Gasteiger partial charge in [0.05, 0.1) is 16.3 Å². The minimum absolute atomic E-state index is 0.124. The molecule has 0 amide bonds. The van der Waals surface area contributed by atoms with Crippen molar-refractivity contribution in [1.29, 1.82) is 0 Å². The van der Waals surface area contributed by atoms with Gasteiger partial charge < -0.3 is 5.32 Å². The number of hydrogen-bond acceptors (Lipinski definition) is 4. The number of nitro groups is 1. The summed E-state index contributed by atoms with van der Waals surface area (Å²) in [6.45, 7) is 2.94.